The summed E-state index contributed by atoms with van der Waals surface area (Å²) < 4.78 is 0. The van der Waals surface area contributed by atoms with Gasteiger partial charge in [-0.3, -0.25) is 4.79 Å². The van der Waals surface area contributed by atoms with Crippen molar-refractivity contribution in [2.24, 2.45) is 0 Å². The number of nitrogens with one attached hydrogen (secondary N) is 1. The lowest BCUT2D eigenvalue weighted by molar-refractivity contribution is -0.123. The minimum atomic E-state index is -0.838. The second kappa shape index (κ2) is 36.3. The number of hydrogen-bond acceptors (Lipinski definition) is 3. The molecule has 1 amide bonds. The minimum Gasteiger partial charge on any atom is -0.394 e. The van der Waals surface area contributed by atoms with Crippen LogP contribution in [0.4, 0.5) is 0 Å². The Morgan fingerprint density at radius 2 is 0.909 bits per heavy atom. The molecule has 0 aromatic rings. The van der Waals surface area contributed by atoms with Crippen LogP contribution in [0.15, 0.2) is 24.3 Å². The summed E-state index contributed by atoms with van der Waals surface area (Å²) in [6.07, 6.45) is 45.5. The first-order chi connectivity index (χ1) is 21.7. The van der Waals surface area contributed by atoms with E-state index in [4.69, 9.17) is 0 Å². The normalized spacial score (nSPS) is 13.3. The summed E-state index contributed by atoms with van der Waals surface area (Å²) in [4.78, 5) is 12.3. The summed E-state index contributed by atoms with van der Waals surface area (Å²) in [5.74, 6) is -0.0654. The van der Waals surface area contributed by atoms with E-state index >= 15 is 0 Å². The second-order valence-corrected chi connectivity index (χ2v) is 13.3. The van der Waals surface area contributed by atoms with Crippen LogP contribution in [0.2, 0.25) is 0 Å². The average Bonchev–Trinajstić information content (AvgIpc) is 3.03. The monoisotopic (exact) mass is 620 g/mol. The lowest BCUT2D eigenvalue weighted by Gasteiger charge is -2.20. The van der Waals surface area contributed by atoms with Gasteiger partial charge in [-0.25, -0.2) is 0 Å². The van der Waals surface area contributed by atoms with Crippen molar-refractivity contribution >= 4 is 5.91 Å². The van der Waals surface area contributed by atoms with Gasteiger partial charge in [-0.05, 0) is 38.5 Å². The Labute approximate surface area is 275 Å². The summed E-state index contributed by atoms with van der Waals surface area (Å²) >= 11 is 0. The number of carbonyl (C=O) groups is 1. The van der Waals surface area contributed by atoms with Crippen LogP contribution in [0.5, 0.6) is 0 Å². The van der Waals surface area contributed by atoms with E-state index in [-0.39, 0.29) is 12.5 Å². The van der Waals surface area contributed by atoms with Gasteiger partial charge in [0.2, 0.25) is 5.91 Å². The third-order valence-corrected chi connectivity index (χ3v) is 8.91. The van der Waals surface area contributed by atoms with E-state index in [1.165, 1.54) is 161 Å². The number of allylic oxidation sites excluding steroid dienone is 3. The number of carbonyl (C=O) groups excluding carboxylic acids is 1. The van der Waals surface area contributed by atoms with Crippen LogP contribution in [0.3, 0.4) is 0 Å². The van der Waals surface area contributed by atoms with Crippen LogP contribution in [0.1, 0.15) is 206 Å². The molecule has 0 saturated carbocycles. The van der Waals surface area contributed by atoms with Crippen molar-refractivity contribution in [1.82, 2.24) is 5.32 Å². The van der Waals surface area contributed by atoms with Crippen molar-refractivity contribution in [2.75, 3.05) is 6.61 Å². The first-order valence-corrected chi connectivity index (χ1v) is 19.6. The molecular formula is C40H77NO3. The molecule has 4 heteroatoms. The fourth-order valence-corrected chi connectivity index (χ4v) is 5.89. The van der Waals surface area contributed by atoms with Crippen molar-refractivity contribution in [3.8, 4) is 0 Å². The summed E-state index contributed by atoms with van der Waals surface area (Å²) in [5, 5.41) is 22.9. The SMILES string of the molecule is CCC/C=C\CCCCCCCC/C=C/[C@@H](O)[C@H](CO)NC(=O)CCCCCCCCCCCCCCCCCCCCC. The van der Waals surface area contributed by atoms with Crippen LogP contribution in [-0.2, 0) is 4.79 Å². The van der Waals surface area contributed by atoms with E-state index < -0.39 is 12.1 Å². The van der Waals surface area contributed by atoms with E-state index in [1.807, 2.05) is 6.08 Å². The summed E-state index contributed by atoms with van der Waals surface area (Å²) in [6, 6.07) is -0.620. The highest BCUT2D eigenvalue weighted by Gasteiger charge is 2.17. The molecule has 2 atom stereocenters. The van der Waals surface area contributed by atoms with E-state index in [0.29, 0.717) is 6.42 Å². The number of unbranched alkanes of at least 4 members (excludes halogenated alkanes) is 26. The number of aliphatic hydroxyl groups is 2. The number of amides is 1. The Morgan fingerprint density at radius 3 is 1.34 bits per heavy atom. The van der Waals surface area contributed by atoms with Gasteiger partial charge in [-0.2, -0.15) is 0 Å². The fraction of sp³-hybridized carbons (Fsp3) is 0.875. The Morgan fingerprint density at radius 1 is 0.523 bits per heavy atom. The van der Waals surface area contributed by atoms with Crippen LogP contribution >= 0.6 is 0 Å². The van der Waals surface area contributed by atoms with E-state index in [2.05, 4.69) is 31.3 Å². The molecule has 0 aliphatic rings. The molecule has 260 valence electrons. The van der Waals surface area contributed by atoms with Gasteiger partial charge in [-0.1, -0.05) is 186 Å². The van der Waals surface area contributed by atoms with Gasteiger partial charge < -0.3 is 15.5 Å². The van der Waals surface area contributed by atoms with Gasteiger partial charge >= 0.3 is 0 Å². The Hall–Kier alpha value is -1.13. The lowest BCUT2D eigenvalue weighted by Crippen LogP contribution is -2.45. The molecular weight excluding hydrogens is 542 g/mol. The maximum atomic E-state index is 12.3. The first kappa shape index (κ1) is 42.9. The third kappa shape index (κ3) is 32.3. The molecule has 44 heavy (non-hydrogen) atoms. The third-order valence-electron chi connectivity index (χ3n) is 8.91. The number of aliphatic hydroxyl groups excluding tert-OH is 2. The minimum absolute atomic E-state index is 0.0654. The summed E-state index contributed by atoms with van der Waals surface area (Å²) in [7, 11) is 0. The van der Waals surface area contributed by atoms with Crippen LogP contribution in [0, 0.1) is 0 Å². The molecule has 0 aliphatic heterocycles. The predicted molar refractivity (Wildman–Crippen MR) is 193 cm³/mol. The molecule has 0 rings (SSSR count). The molecule has 0 aliphatic carbocycles. The molecule has 0 saturated heterocycles. The Balaban J connectivity index is 3.56. The van der Waals surface area contributed by atoms with Crippen molar-refractivity contribution in [3.63, 3.8) is 0 Å². The summed E-state index contributed by atoms with van der Waals surface area (Å²) in [5.41, 5.74) is 0. The van der Waals surface area contributed by atoms with Gasteiger partial charge in [0, 0.05) is 6.42 Å². The average molecular weight is 620 g/mol. The smallest absolute Gasteiger partial charge is 0.220 e. The molecule has 3 N–H and O–H groups in total. The largest absolute Gasteiger partial charge is 0.394 e. The Bertz CT molecular complexity index is 632. The molecule has 0 radical (unpaired) electrons. The molecule has 0 aromatic carbocycles. The summed E-state index contributed by atoms with van der Waals surface area (Å²) in [6.45, 7) is 4.26. The highest BCUT2D eigenvalue weighted by Crippen LogP contribution is 2.15. The fourth-order valence-electron chi connectivity index (χ4n) is 5.89. The molecule has 0 aromatic heterocycles. The second-order valence-electron chi connectivity index (χ2n) is 13.3. The van der Waals surface area contributed by atoms with Crippen molar-refractivity contribution in [2.45, 2.75) is 219 Å². The molecule has 0 unspecified atom stereocenters. The quantitative estimate of drug-likeness (QED) is 0.0488. The molecule has 0 heterocycles. The van der Waals surface area contributed by atoms with E-state index in [1.54, 1.807) is 6.08 Å². The highest BCUT2D eigenvalue weighted by molar-refractivity contribution is 5.76. The molecule has 0 spiro atoms. The first-order valence-electron chi connectivity index (χ1n) is 19.6. The standard InChI is InChI=1S/C40H77NO3/c1-3-5-7-9-11-13-15-17-18-19-20-21-22-24-26-28-30-32-34-36-40(44)41-38(37-42)39(43)35-33-31-29-27-25-23-16-14-12-10-8-6-4-2/h8,10,33,35,38-39,42-43H,3-7,9,11-32,34,36-37H2,1-2H3,(H,41,44)/b10-8-,35-33+/t38-,39+/m0/s1. The highest BCUT2D eigenvalue weighted by atomic mass is 16.3. The molecule has 4 nitrogen and oxygen atoms in total. The maximum Gasteiger partial charge on any atom is 0.220 e. The zero-order chi connectivity index (χ0) is 32.2. The Kier molecular flexibility index (Phi) is 35.4. The van der Waals surface area contributed by atoms with E-state index in [9.17, 15) is 15.0 Å². The van der Waals surface area contributed by atoms with Crippen molar-refractivity contribution < 1.29 is 15.0 Å². The number of rotatable bonds is 35. The van der Waals surface area contributed by atoms with Gasteiger partial charge in [0.15, 0.2) is 0 Å². The maximum absolute atomic E-state index is 12.3. The van der Waals surface area contributed by atoms with E-state index in [0.717, 1.165) is 25.7 Å². The van der Waals surface area contributed by atoms with Crippen molar-refractivity contribution in [3.05, 3.63) is 24.3 Å². The van der Waals surface area contributed by atoms with Gasteiger partial charge in [-0.15, -0.1) is 0 Å². The van der Waals surface area contributed by atoms with Gasteiger partial charge in [0.1, 0.15) is 0 Å². The van der Waals surface area contributed by atoms with Gasteiger partial charge in [0.25, 0.3) is 0 Å². The zero-order valence-electron chi connectivity index (χ0n) is 29.7. The molecule has 0 bridgehead atoms. The van der Waals surface area contributed by atoms with Crippen LogP contribution in [0.25, 0.3) is 0 Å². The van der Waals surface area contributed by atoms with Crippen LogP contribution in [-0.4, -0.2) is 34.9 Å². The van der Waals surface area contributed by atoms with Crippen LogP contribution < -0.4 is 5.32 Å². The zero-order valence-corrected chi connectivity index (χ0v) is 29.7. The molecule has 0 fully saturated rings. The number of hydrogen-bond donors (Lipinski definition) is 3. The van der Waals surface area contributed by atoms with Gasteiger partial charge in [0.05, 0.1) is 18.8 Å². The lowest BCUT2D eigenvalue weighted by atomic mass is 10.0. The van der Waals surface area contributed by atoms with Crippen molar-refractivity contribution in [1.29, 1.82) is 0 Å². The predicted octanol–water partition coefficient (Wildman–Crippen LogP) is 11.7. The topological polar surface area (TPSA) is 69.6 Å².